The molecule has 1 heterocycles. The number of aromatic nitrogens is 2. The first-order chi connectivity index (χ1) is 7.63. The third kappa shape index (κ3) is 1.45. The number of aliphatic hydroxyl groups excluding tert-OH is 1. The second-order valence-corrected chi connectivity index (χ2v) is 4.77. The highest BCUT2D eigenvalue weighted by molar-refractivity contribution is 6.31. The molecule has 0 aliphatic heterocycles. The fourth-order valence-corrected chi connectivity index (χ4v) is 2.36. The monoisotopic (exact) mass is 237 g/mol. The molecule has 16 heavy (non-hydrogen) atoms. The number of nitrogens with one attached hydrogen (secondary N) is 1. The Morgan fingerprint density at radius 3 is 2.88 bits per heavy atom. The number of nitrogens with two attached hydrogens (primary N) is 1. The van der Waals surface area contributed by atoms with Gasteiger partial charge < -0.3 is 15.8 Å². The number of imidazole rings is 1. The fraction of sp³-hybridized carbons (Fsp3) is 0.364. The van der Waals surface area contributed by atoms with Crippen LogP contribution in [0.1, 0.15) is 24.6 Å². The average molecular weight is 238 g/mol. The average Bonchev–Trinajstić information content (AvgIpc) is 2.56. The lowest BCUT2D eigenvalue weighted by Crippen LogP contribution is -2.27. The van der Waals surface area contributed by atoms with Gasteiger partial charge in [0, 0.05) is 10.9 Å². The minimum Gasteiger partial charge on any atom is -0.397 e. The number of aromatic amines is 1. The Morgan fingerprint density at radius 1 is 1.44 bits per heavy atom. The van der Waals surface area contributed by atoms with Gasteiger partial charge in [-0.15, -0.1) is 0 Å². The van der Waals surface area contributed by atoms with Crippen LogP contribution in [0.2, 0.25) is 5.02 Å². The Morgan fingerprint density at radius 2 is 2.19 bits per heavy atom. The highest BCUT2D eigenvalue weighted by Crippen LogP contribution is 2.36. The van der Waals surface area contributed by atoms with Crippen LogP contribution < -0.4 is 5.73 Å². The quantitative estimate of drug-likeness (QED) is 0.665. The maximum absolute atomic E-state index is 9.27. The summed E-state index contributed by atoms with van der Waals surface area (Å²) < 4.78 is 0. The van der Waals surface area contributed by atoms with E-state index in [1.54, 1.807) is 6.07 Å². The van der Waals surface area contributed by atoms with E-state index in [0.717, 1.165) is 29.7 Å². The number of anilines is 1. The topological polar surface area (TPSA) is 74.9 Å². The number of hydrogen-bond acceptors (Lipinski definition) is 3. The molecule has 0 bridgehead atoms. The predicted octanol–water partition coefficient (Wildman–Crippen LogP) is 2.04. The molecule has 84 valence electrons. The summed E-state index contributed by atoms with van der Waals surface area (Å²) in [5.74, 6) is 1.22. The molecule has 4 nitrogen and oxygen atoms in total. The molecule has 0 radical (unpaired) electrons. The Labute approximate surface area is 97.4 Å². The maximum Gasteiger partial charge on any atom is 0.112 e. The van der Waals surface area contributed by atoms with E-state index in [-0.39, 0.29) is 6.10 Å². The molecule has 5 heteroatoms. The van der Waals surface area contributed by atoms with Gasteiger partial charge in [0.25, 0.3) is 0 Å². The summed E-state index contributed by atoms with van der Waals surface area (Å²) in [6.45, 7) is 0. The van der Waals surface area contributed by atoms with Crippen molar-refractivity contribution in [1.29, 1.82) is 0 Å². The van der Waals surface area contributed by atoms with Crippen molar-refractivity contribution in [3.05, 3.63) is 23.0 Å². The largest absolute Gasteiger partial charge is 0.397 e. The predicted molar refractivity (Wildman–Crippen MR) is 63.5 cm³/mol. The first kappa shape index (κ1) is 9.93. The molecule has 0 atom stereocenters. The molecule has 1 aromatic carbocycles. The molecule has 1 aliphatic rings. The maximum atomic E-state index is 9.27. The highest BCUT2D eigenvalue weighted by Gasteiger charge is 2.31. The number of H-pyrrole nitrogens is 1. The van der Waals surface area contributed by atoms with Gasteiger partial charge in [-0.1, -0.05) is 11.6 Å². The van der Waals surface area contributed by atoms with E-state index < -0.39 is 0 Å². The second kappa shape index (κ2) is 3.37. The first-order valence-electron chi connectivity index (χ1n) is 5.26. The molecule has 2 aromatic rings. The molecular formula is C11H12ClN3O. The highest BCUT2D eigenvalue weighted by atomic mass is 35.5. The van der Waals surface area contributed by atoms with Crippen LogP contribution in [0.15, 0.2) is 12.1 Å². The minimum atomic E-state index is -0.181. The van der Waals surface area contributed by atoms with Crippen molar-refractivity contribution in [3.63, 3.8) is 0 Å². The number of aliphatic hydroxyl groups is 1. The molecule has 4 N–H and O–H groups in total. The normalized spacial score (nSPS) is 24.6. The van der Waals surface area contributed by atoms with E-state index in [9.17, 15) is 5.11 Å². The SMILES string of the molecule is Nc1cc(Cl)cc2[nH]c(C3CC(O)C3)nc12. The van der Waals surface area contributed by atoms with Gasteiger partial charge in [-0.25, -0.2) is 4.98 Å². The van der Waals surface area contributed by atoms with Crippen LogP contribution >= 0.6 is 11.6 Å². The van der Waals surface area contributed by atoms with Crippen molar-refractivity contribution < 1.29 is 5.11 Å². The summed E-state index contributed by atoms with van der Waals surface area (Å²) in [5.41, 5.74) is 8.06. The minimum absolute atomic E-state index is 0.181. The number of halogens is 1. The smallest absolute Gasteiger partial charge is 0.112 e. The van der Waals surface area contributed by atoms with Crippen LogP contribution in [-0.2, 0) is 0 Å². The van der Waals surface area contributed by atoms with Gasteiger partial charge in [-0.05, 0) is 25.0 Å². The van der Waals surface area contributed by atoms with Crippen LogP contribution in [-0.4, -0.2) is 21.2 Å². The molecule has 1 aromatic heterocycles. The summed E-state index contributed by atoms with van der Waals surface area (Å²) in [7, 11) is 0. The Bertz CT molecular complexity index is 545. The Kier molecular flexibility index (Phi) is 2.09. The Balaban J connectivity index is 2.06. The van der Waals surface area contributed by atoms with Crippen LogP contribution in [0.25, 0.3) is 11.0 Å². The van der Waals surface area contributed by atoms with Gasteiger partial charge >= 0.3 is 0 Å². The number of benzene rings is 1. The number of fused-ring (bicyclic) bond motifs is 1. The van der Waals surface area contributed by atoms with Gasteiger partial charge in [0.2, 0.25) is 0 Å². The lowest BCUT2D eigenvalue weighted by molar-refractivity contribution is 0.0720. The lowest BCUT2D eigenvalue weighted by atomic mass is 9.82. The van der Waals surface area contributed by atoms with E-state index >= 15 is 0 Å². The molecule has 0 unspecified atom stereocenters. The molecule has 1 saturated carbocycles. The van der Waals surface area contributed by atoms with Gasteiger partial charge in [0.15, 0.2) is 0 Å². The molecule has 0 amide bonds. The van der Waals surface area contributed by atoms with E-state index in [0.29, 0.717) is 16.6 Å². The van der Waals surface area contributed by atoms with Crippen LogP contribution in [0.3, 0.4) is 0 Å². The number of nitrogens with zero attached hydrogens (tertiary/aromatic N) is 1. The van der Waals surface area contributed by atoms with Gasteiger partial charge in [-0.2, -0.15) is 0 Å². The van der Waals surface area contributed by atoms with Crippen molar-refractivity contribution in [2.75, 3.05) is 5.73 Å². The Hall–Kier alpha value is -1.26. The number of nitrogen functional groups attached to an aromatic ring is 1. The van der Waals surface area contributed by atoms with Crippen LogP contribution in [0.5, 0.6) is 0 Å². The van der Waals surface area contributed by atoms with Crippen LogP contribution in [0, 0.1) is 0 Å². The van der Waals surface area contributed by atoms with Crippen molar-refractivity contribution >= 4 is 28.3 Å². The lowest BCUT2D eigenvalue weighted by Gasteiger charge is -2.29. The third-order valence-electron chi connectivity index (χ3n) is 3.10. The van der Waals surface area contributed by atoms with E-state index in [1.165, 1.54) is 0 Å². The van der Waals surface area contributed by atoms with E-state index in [1.807, 2.05) is 6.07 Å². The molecule has 0 saturated heterocycles. The van der Waals surface area contributed by atoms with Gasteiger partial charge in [0.05, 0.1) is 17.3 Å². The molecule has 3 rings (SSSR count). The van der Waals surface area contributed by atoms with Crippen molar-refractivity contribution in [3.8, 4) is 0 Å². The zero-order valence-electron chi connectivity index (χ0n) is 8.57. The molecule has 1 fully saturated rings. The summed E-state index contributed by atoms with van der Waals surface area (Å²) in [4.78, 5) is 7.67. The number of rotatable bonds is 1. The summed E-state index contributed by atoms with van der Waals surface area (Å²) >= 11 is 5.92. The standard InChI is InChI=1S/C11H12ClN3O/c12-6-3-8(13)10-9(4-6)14-11(15-10)5-1-7(16)2-5/h3-5,7,16H,1-2,13H2,(H,14,15). The van der Waals surface area contributed by atoms with Crippen LogP contribution in [0.4, 0.5) is 5.69 Å². The third-order valence-corrected chi connectivity index (χ3v) is 3.32. The number of hydrogen-bond donors (Lipinski definition) is 3. The fourth-order valence-electron chi connectivity index (χ4n) is 2.13. The van der Waals surface area contributed by atoms with E-state index in [2.05, 4.69) is 9.97 Å². The zero-order chi connectivity index (χ0) is 11.3. The van der Waals surface area contributed by atoms with E-state index in [4.69, 9.17) is 17.3 Å². The second-order valence-electron chi connectivity index (χ2n) is 4.34. The summed E-state index contributed by atoms with van der Waals surface area (Å²) in [6.07, 6.45) is 1.36. The van der Waals surface area contributed by atoms with Crippen molar-refractivity contribution in [1.82, 2.24) is 9.97 Å². The van der Waals surface area contributed by atoms with Gasteiger partial charge in [-0.3, -0.25) is 0 Å². The summed E-state index contributed by atoms with van der Waals surface area (Å²) in [5, 5.41) is 9.87. The summed E-state index contributed by atoms with van der Waals surface area (Å²) in [6, 6.07) is 3.52. The first-order valence-corrected chi connectivity index (χ1v) is 5.64. The molecule has 0 spiro atoms. The molecule has 1 aliphatic carbocycles. The van der Waals surface area contributed by atoms with Gasteiger partial charge in [0.1, 0.15) is 11.3 Å². The van der Waals surface area contributed by atoms with Crippen molar-refractivity contribution in [2.24, 2.45) is 0 Å². The zero-order valence-corrected chi connectivity index (χ0v) is 9.33. The molecular weight excluding hydrogens is 226 g/mol. The van der Waals surface area contributed by atoms with Crippen molar-refractivity contribution in [2.45, 2.75) is 24.9 Å².